The largest absolute Gasteiger partial charge is 0.361 e. The summed E-state index contributed by atoms with van der Waals surface area (Å²) in [6.07, 6.45) is 10.2. The van der Waals surface area contributed by atoms with Gasteiger partial charge in [-0.25, -0.2) is 0 Å². The molecule has 0 spiro atoms. The second kappa shape index (κ2) is 4.54. The minimum absolute atomic E-state index is 0.0989. The van der Waals surface area contributed by atoms with Gasteiger partial charge in [-0.2, -0.15) is 9.58 Å². The maximum absolute atomic E-state index is 12.3. The summed E-state index contributed by atoms with van der Waals surface area (Å²) in [5.74, 6) is 0.239. The molecule has 0 aromatic carbocycles. The number of Topliss-reactive ketones (excluding diaryl/α,β-unsaturated/α-hetero) is 2. The lowest BCUT2D eigenvalue weighted by Crippen LogP contribution is -2.29. The number of hydrogen-bond donors (Lipinski definition) is 0. The standard InChI is InChI=1S/C16H14N4O2/c17-19-5-11(21)13-7-1-2-8-14(12(22)6-20-18)10-4-3-9(13)16(10)15(7)8/h1-10,13-16H/t7-,8-,9+,10+,13?,14?,15?,16?. The Morgan fingerprint density at radius 2 is 1.05 bits per heavy atom. The van der Waals surface area contributed by atoms with Crippen LogP contribution in [0.4, 0.5) is 0 Å². The molecule has 0 N–H and O–H groups in total. The van der Waals surface area contributed by atoms with E-state index in [1.165, 1.54) is 0 Å². The summed E-state index contributed by atoms with van der Waals surface area (Å²) in [6.45, 7) is 0. The van der Waals surface area contributed by atoms with Crippen molar-refractivity contribution < 1.29 is 19.2 Å². The molecule has 2 saturated carbocycles. The van der Waals surface area contributed by atoms with Crippen molar-refractivity contribution in [1.29, 1.82) is 0 Å². The molecule has 0 aromatic rings. The highest BCUT2D eigenvalue weighted by Gasteiger charge is 2.66. The fourth-order valence-corrected chi connectivity index (χ4v) is 5.56. The molecule has 0 amide bonds. The monoisotopic (exact) mass is 294 g/mol. The predicted octanol–water partition coefficient (Wildman–Crippen LogP) is 0.822. The molecule has 6 nitrogen and oxygen atoms in total. The molecule has 0 aliphatic heterocycles. The average Bonchev–Trinajstić information content (AvgIpc) is 3.17. The Morgan fingerprint density at radius 1 is 0.727 bits per heavy atom. The first-order valence-corrected chi connectivity index (χ1v) is 7.48. The van der Waals surface area contributed by atoms with Gasteiger partial charge in [0.25, 0.3) is 0 Å². The molecule has 2 unspecified atom stereocenters. The number of carbonyl (C=O) groups excluding carboxylic acids is 2. The first kappa shape index (κ1) is 13.3. The van der Waals surface area contributed by atoms with Crippen LogP contribution in [0, 0.1) is 47.3 Å². The van der Waals surface area contributed by atoms with Crippen LogP contribution in [0.25, 0.3) is 11.1 Å². The van der Waals surface area contributed by atoms with E-state index in [1.54, 1.807) is 0 Å². The van der Waals surface area contributed by atoms with Crippen LogP contribution in [-0.2, 0) is 9.59 Å². The smallest absolute Gasteiger partial charge is 0.323 e. The van der Waals surface area contributed by atoms with Crippen LogP contribution in [0.3, 0.4) is 0 Å². The highest BCUT2D eigenvalue weighted by molar-refractivity contribution is 6.27. The Balaban J connectivity index is 1.74. The Morgan fingerprint density at radius 3 is 1.32 bits per heavy atom. The Kier molecular flexibility index (Phi) is 2.73. The van der Waals surface area contributed by atoms with Crippen molar-refractivity contribution in [3.63, 3.8) is 0 Å². The topological polar surface area (TPSA) is 107 Å². The molecule has 4 aliphatic rings. The summed E-state index contributed by atoms with van der Waals surface area (Å²) in [5.41, 5.74) is 17.3. The molecule has 0 radical (unpaired) electrons. The molecular weight excluding hydrogens is 280 g/mol. The Hall–Kier alpha value is -2.42. The number of ketones is 2. The van der Waals surface area contributed by atoms with Crippen LogP contribution in [0.1, 0.15) is 0 Å². The summed E-state index contributed by atoms with van der Waals surface area (Å²) in [7, 11) is 0. The maximum atomic E-state index is 12.3. The Bertz CT molecular complexity index is 636. The van der Waals surface area contributed by atoms with E-state index in [-0.39, 0.29) is 58.9 Å². The van der Waals surface area contributed by atoms with Gasteiger partial charge in [-0.05, 0) is 35.5 Å². The van der Waals surface area contributed by atoms with Crippen molar-refractivity contribution in [2.24, 2.45) is 47.3 Å². The van der Waals surface area contributed by atoms with Crippen LogP contribution in [0.5, 0.6) is 0 Å². The van der Waals surface area contributed by atoms with E-state index in [2.05, 4.69) is 9.58 Å². The van der Waals surface area contributed by atoms with Crippen molar-refractivity contribution in [3.8, 4) is 0 Å². The van der Waals surface area contributed by atoms with Gasteiger partial charge in [-0.3, -0.25) is 9.59 Å². The second-order valence-corrected chi connectivity index (χ2v) is 6.58. The zero-order chi connectivity index (χ0) is 15.4. The van der Waals surface area contributed by atoms with Gasteiger partial charge in [0.15, 0.2) is 0 Å². The van der Waals surface area contributed by atoms with E-state index < -0.39 is 0 Å². The summed E-state index contributed by atoms with van der Waals surface area (Å²) in [6, 6.07) is 0. The van der Waals surface area contributed by atoms with Crippen LogP contribution in [0.15, 0.2) is 24.3 Å². The minimum atomic E-state index is -0.198. The first-order valence-electron chi connectivity index (χ1n) is 7.48. The molecule has 6 atom stereocenters. The highest BCUT2D eigenvalue weighted by atomic mass is 16.1. The van der Waals surface area contributed by atoms with Gasteiger partial charge in [0, 0.05) is 11.8 Å². The van der Waals surface area contributed by atoms with Gasteiger partial charge in [-0.1, -0.05) is 24.3 Å². The third-order valence-electron chi connectivity index (χ3n) is 6.02. The van der Waals surface area contributed by atoms with E-state index in [0.29, 0.717) is 0 Å². The normalized spacial score (nSPS) is 45.3. The molecular formula is C16H14N4O2. The zero-order valence-corrected chi connectivity index (χ0v) is 11.7. The maximum Gasteiger partial charge on any atom is 0.323 e. The Labute approximate surface area is 126 Å². The van der Waals surface area contributed by atoms with Crippen LogP contribution < -0.4 is 0 Å². The number of allylic oxidation sites excluding steroid dienone is 4. The average molecular weight is 294 g/mol. The summed E-state index contributed by atoms with van der Waals surface area (Å²) in [5, 5.41) is 0. The minimum Gasteiger partial charge on any atom is -0.361 e. The molecule has 4 aliphatic carbocycles. The fraction of sp³-hybridized carbons (Fsp3) is 0.500. The van der Waals surface area contributed by atoms with Gasteiger partial charge >= 0.3 is 12.4 Å². The quantitative estimate of drug-likeness (QED) is 0.331. The van der Waals surface area contributed by atoms with Crippen molar-refractivity contribution in [2.75, 3.05) is 0 Å². The second-order valence-electron chi connectivity index (χ2n) is 6.58. The van der Waals surface area contributed by atoms with Crippen LogP contribution in [0.2, 0.25) is 0 Å². The van der Waals surface area contributed by atoms with Crippen LogP contribution in [-0.4, -0.2) is 33.6 Å². The third kappa shape index (κ3) is 1.46. The van der Waals surface area contributed by atoms with Crippen molar-refractivity contribution >= 4 is 24.0 Å². The highest BCUT2D eigenvalue weighted by Crippen LogP contribution is 2.67. The first-order chi connectivity index (χ1) is 10.7. The van der Waals surface area contributed by atoms with E-state index in [1.807, 2.05) is 24.3 Å². The van der Waals surface area contributed by atoms with Crippen LogP contribution >= 0.6 is 0 Å². The number of carbonyl (C=O) groups is 2. The van der Waals surface area contributed by atoms with Crippen molar-refractivity contribution in [3.05, 3.63) is 35.4 Å². The summed E-state index contributed by atoms with van der Waals surface area (Å²) >= 11 is 0. The molecule has 110 valence electrons. The molecule has 22 heavy (non-hydrogen) atoms. The number of nitrogens with zero attached hydrogens (tertiary/aromatic N) is 4. The zero-order valence-electron chi connectivity index (χ0n) is 11.7. The predicted molar refractivity (Wildman–Crippen MR) is 75.6 cm³/mol. The lowest BCUT2D eigenvalue weighted by atomic mass is 9.80. The van der Waals surface area contributed by atoms with Gasteiger partial charge in [-0.15, -0.1) is 0 Å². The summed E-state index contributed by atoms with van der Waals surface area (Å²) in [4.78, 5) is 30.3. The molecule has 6 heteroatoms. The van der Waals surface area contributed by atoms with E-state index in [9.17, 15) is 9.59 Å². The van der Waals surface area contributed by atoms with Gasteiger partial charge < -0.3 is 11.1 Å². The molecule has 0 heterocycles. The van der Waals surface area contributed by atoms with E-state index in [4.69, 9.17) is 11.1 Å². The molecule has 2 fully saturated rings. The molecule has 0 saturated heterocycles. The van der Waals surface area contributed by atoms with E-state index in [0.717, 1.165) is 12.4 Å². The summed E-state index contributed by atoms with van der Waals surface area (Å²) < 4.78 is 0. The van der Waals surface area contributed by atoms with Crippen molar-refractivity contribution in [2.45, 2.75) is 0 Å². The van der Waals surface area contributed by atoms with Gasteiger partial charge in [0.1, 0.15) is 0 Å². The fourth-order valence-electron chi connectivity index (χ4n) is 5.56. The van der Waals surface area contributed by atoms with E-state index >= 15 is 0 Å². The van der Waals surface area contributed by atoms with Gasteiger partial charge in [0.05, 0.1) is 0 Å². The third-order valence-corrected chi connectivity index (χ3v) is 6.02. The lowest BCUT2D eigenvalue weighted by Gasteiger charge is -2.20. The number of rotatable bonds is 4. The van der Waals surface area contributed by atoms with Gasteiger partial charge in [0.2, 0.25) is 11.6 Å². The van der Waals surface area contributed by atoms with Crippen molar-refractivity contribution in [1.82, 2.24) is 0 Å². The molecule has 4 rings (SSSR count). The SMILES string of the molecule is [N-]=[N+]=CC(=O)C1[C@H]2C=C[C@@H]3C(C(=O)C=[N+]=[N-])[C@@H]4C=C[C@@H]1C4C23. The lowest BCUT2D eigenvalue weighted by molar-refractivity contribution is -0.121. The number of hydrogen-bond acceptors (Lipinski definition) is 2. The molecule has 0 aromatic heterocycles. The molecule has 0 bridgehead atoms.